The zero-order valence-electron chi connectivity index (χ0n) is 8.20. The number of hydrogen-bond acceptors (Lipinski definition) is 3. The third-order valence-electron chi connectivity index (χ3n) is 1.72. The zero-order valence-corrected chi connectivity index (χ0v) is 8.20. The quantitative estimate of drug-likeness (QED) is 0.662. The first kappa shape index (κ1) is 13.2. The molecular formula is C8H15F2NO3. The van der Waals surface area contributed by atoms with Gasteiger partial charge in [-0.3, -0.25) is 4.90 Å². The average Bonchev–Trinajstić information content (AvgIpc) is 2.02. The van der Waals surface area contributed by atoms with Gasteiger partial charge in [-0.15, -0.1) is 0 Å². The highest BCUT2D eigenvalue weighted by Crippen LogP contribution is 2.15. The monoisotopic (exact) mass is 211 g/mol. The Bertz CT molecular complexity index is 199. The number of alkyl halides is 2. The van der Waals surface area contributed by atoms with Crippen LogP contribution in [0.2, 0.25) is 0 Å². The molecule has 0 aliphatic heterocycles. The van der Waals surface area contributed by atoms with Crippen LogP contribution >= 0.6 is 0 Å². The summed E-state index contributed by atoms with van der Waals surface area (Å²) in [5, 5.41) is 16.8. The first-order valence-corrected chi connectivity index (χ1v) is 4.20. The minimum absolute atomic E-state index is 0.108. The van der Waals surface area contributed by atoms with E-state index in [1.54, 1.807) is 6.92 Å². The van der Waals surface area contributed by atoms with E-state index < -0.39 is 18.4 Å². The van der Waals surface area contributed by atoms with E-state index in [0.717, 1.165) is 0 Å². The fraction of sp³-hybridized carbons (Fsp3) is 0.875. The molecule has 0 aliphatic carbocycles. The van der Waals surface area contributed by atoms with Gasteiger partial charge in [0.1, 0.15) is 0 Å². The number of aliphatic carboxylic acids is 1. The van der Waals surface area contributed by atoms with E-state index in [2.05, 4.69) is 0 Å². The summed E-state index contributed by atoms with van der Waals surface area (Å²) in [5.41, 5.74) is 0. The molecule has 84 valence electrons. The molecule has 0 amide bonds. The minimum Gasteiger partial charge on any atom is -0.477 e. The number of nitrogens with zero attached hydrogens (tertiary/aromatic N) is 1. The predicted octanol–water partition coefficient (Wildman–Crippen LogP) is 0.266. The fourth-order valence-electron chi connectivity index (χ4n) is 1.06. The Morgan fingerprint density at radius 3 is 2.43 bits per heavy atom. The zero-order chi connectivity index (χ0) is 11.4. The van der Waals surface area contributed by atoms with Crippen molar-refractivity contribution in [3.05, 3.63) is 0 Å². The maximum atomic E-state index is 12.6. The molecular weight excluding hydrogens is 196 g/mol. The maximum Gasteiger partial charge on any atom is 0.375 e. The lowest BCUT2D eigenvalue weighted by Gasteiger charge is -2.22. The Hall–Kier alpha value is -0.750. The molecule has 1 unspecified atom stereocenters. The first-order chi connectivity index (χ1) is 6.29. The number of halogens is 2. The van der Waals surface area contributed by atoms with Crippen LogP contribution in [-0.4, -0.2) is 53.7 Å². The van der Waals surface area contributed by atoms with Gasteiger partial charge in [-0.1, -0.05) is 6.92 Å². The minimum atomic E-state index is -3.73. The summed E-state index contributed by atoms with van der Waals surface area (Å²) in [6.45, 7) is 0.977. The molecule has 0 aromatic rings. The summed E-state index contributed by atoms with van der Waals surface area (Å²) < 4.78 is 25.3. The van der Waals surface area contributed by atoms with Gasteiger partial charge in [-0.2, -0.15) is 8.78 Å². The summed E-state index contributed by atoms with van der Waals surface area (Å²) in [7, 11) is 1.39. The molecule has 0 radical (unpaired) electrons. The lowest BCUT2D eigenvalue weighted by molar-refractivity contribution is -0.167. The van der Waals surface area contributed by atoms with Crippen molar-refractivity contribution in [1.82, 2.24) is 4.90 Å². The van der Waals surface area contributed by atoms with Gasteiger partial charge in [0.05, 0.1) is 6.54 Å². The van der Waals surface area contributed by atoms with Crippen LogP contribution in [0.25, 0.3) is 0 Å². The van der Waals surface area contributed by atoms with Crippen LogP contribution in [-0.2, 0) is 4.79 Å². The largest absolute Gasteiger partial charge is 0.477 e. The number of aliphatic hydroxyl groups excluding tert-OH is 1. The van der Waals surface area contributed by atoms with Crippen molar-refractivity contribution >= 4 is 5.97 Å². The van der Waals surface area contributed by atoms with Crippen LogP contribution in [0.15, 0.2) is 0 Å². The molecule has 1 atom stereocenters. The second kappa shape index (κ2) is 5.21. The maximum absolute atomic E-state index is 12.6. The summed E-state index contributed by atoms with van der Waals surface area (Å²) in [6.07, 6.45) is 0. The van der Waals surface area contributed by atoms with E-state index in [0.29, 0.717) is 0 Å². The van der Waals surface area contributed by atoms with Gasteiger partial charge < -0.3 is 10.2 Å². The van der Waals surface area contributed by atoms with E-state index in [-0.39, 0.29) is 19.1 Å². The lowest BCUT2D eigenvalue weighted by atomic mass is 10.2. The van der Waals surface area contributed by atoms with Gasteiger partial charge in [0.25, 0.3) is 0 Å². The van der Waals surface area contributed by atoms with Crippen LogP contribution < -0.4 is 0 Å². The number of aliphatic hydroxyl groups is 1. The third-order valence-corrected chi connectivity index (χ3v) is 1.72. The SMILES string of the molecule is CC(CO)CN(C)CC(F)(F)C(=O)O. The summed E-state index contributed by atoms with van der Waals surface area (Å²) in [6, 6.07) is 0. The molecule has 0 spiro atoms. The summed E-state index contributed by atoms with van der Waals surface area (Å²) in [4.78, 5) is 11.3. The van der Waals surface area contributed by atoms with Gasteiger partial charge in [-0.25, -0.2) is 4.79 Å². The molecule has 2 N–H and O–H groups in total. The smallest absolute Gasteiger partial charge is 0.375 e. The van der Waals surface area contributed by atoms with Gasteiger partial charge in [0, 0.05) is 13.2 Å². The van der Waals surface area contributed by atoms with Gasteiger partial charge in [0.2, 0.25) is 0 Å². The van der Waals surface area contributed by atoms with E-state index in [9.17, 15) is 13.6 Å². The molecule has 0 saturated heterocycles. The molecule has 0 aromatic heterocycles. The fourth-order valence-corrected chi connectivity index (χ4v) is 1.06. The van der Waals surface area contributed by atoms with Crippen LogP contribution in [0.1, 0.15) is 6.92 Å². The van der Waals surface area contributed by atoms with E-state index in [1.165, 1.54) is 11.9 Å². The standard InChI is InChI=1S/C8H15F2NO3/c1-6(4-12)3-11(2)5-8(9,10)7(13)14/h6,12H,3-5H2,1-2H3,(H,13,14). The molecule has 6 heteroatoms. The number of rotatable bonds is 6. The van der Waals surface area contributed by atoms with Crippen LogP contribution in [0, 0.1) is 5.92 Å². The lowest BCUT2D eigenvalue weighted by Crippen LogP contribution is -2.42. The molecule has 0 aliphatic rings. The highest BCUT2D eigenvalue weighted by atomic mass is 19.3. The second-order valence-electron chi connectivity index (χ2n) is 3.49. The second-order valence-corrected chi connectivity index (χ2v) is 3.49. The normalized spacial score (nSPS) is 14.4. The van der Waals surface area contributed by atoms with E-state index in [1.807, 2.05) is 0 Å². The first-order valence-electron chi connectivity index (χ1n) is 4.20. The number of carboxylic acids is 1. The number of carbonyl (C=O) groups is 1. The Labute approximate surface area is 81.1 Å². The van der Waals surface area contributed by atoms with Crippen molar-refractivity contribution in [2.45, 2.75) is 12.8 Å². The number of hydrogen-bond donors (Lipinski definition) is 2. The molecule has 0 saturated carbocycles. The Morgan fingerprint density at radius 2 is 2.07 bits per heavy atom. The van der Waals surface area contributed by atoms with E-state index >= 15 is 0 Å². The highest BCUT2D eigenvalue weighted by Gasteiger charge is 2.39. The molecule has 4 nitrogen and oxygen atoms in total. The van der Waals surface area contributed by atoms with Crippen molar-refractivity contribution in [3.63, 3.8) is 0 Å². The van der Waals surface area contributed by atoms with E-state index in [4.69, 9.17) is 10.2 Å². The molecule has 0 bridgehead atoms. The summed E-state index contributed by atoms with van der Waals surface area (Å²) in [5.74, 6) is -6.00. The van der Waals surface area contributed by atoms with Crippen LogP contribution in [0.3, 0.4) is 0 Å². The molecule has 0 rings (SSSR count). The molecule has 0 fully saturated rings. The van der Waals surface area contributed by atoms with Crippen molar-refractivity contribution < 1.29 is 23.8 Å². The third kappa shape index (κ3) is 4.48. The van der Waals surface area contributed by atoms with Gasteiger partial charge in [-0.05, 0) is 13.0 Å². The molecule has 0 aromatic carbocycles. The van der Waals surface area contributed by atoms with Gasteiger partial charge in [0.15, 0.2) is 0 Å². The summed E-state index contributed by atoms with van der Waals surface area (Å²) >= 11 is 0. The Balaban J connectivity index is 4.05. The number of carboxylic acid groups (broad SMARTS) is 1. The van der Waals surface area contributed by atoms with Crippen molar-refractivity contribution in [2.24, 2.45) is 5.92 Å². The Kier molecular flexibility index (Phi) is 4.93. The van der Waals surface area contributed by atoms with Gasteiger partial charge >= 0.3 is 11.9 Å². The van der Waals surface area contributed by atoms with Crippen LogP contribution in [0.5, 0.6) is 0 Å². The predicted molar refractivity (Wildman–Crippen MR) is 46.3 cm³/mol. The van der Waals surface area contributed by atoms with Crippen molar-refractivity contribution in [1.29, 1.82) is 0 Å². The molecule has 14 heavy (non-hydrogen) atoms. The topological polar surface area (TPSA) is 60.8 Å². The molecule has 0 heterocycles. The highest BCUT2D eigenvalue weighted by molar-refractivity contribution is 5.75. The van der Waals surface area contributed by atoms with Crippen LogP contribution in [0.4, 0.5) is 8.78 Å². The Morgan fingerprint density at radius 1 is 1.57 bits per heavy atom. The van der Waals surface area contributed by atoms with Crippen molar-refractivity contribution in [2.75, 3.05) is 26.7 Å². The van der Waals surface area contributed by atoms with Crippen molar-refractivity contribution in [3.8, 4) is 0 Å². The average molecular weight is 211 g/mol.